The highest BCUT2D eigenvalue weighted by Crippen LogP contribution is 2.17. The minimum Gasteiger partial charge on any atom is -0.340 e. The number of likely N-dealkylation sites (tertiary alicyclic amines) is 1. The average Bonchev–Trinajstić information content (AvgIpc) is 2.75. The van der Waals surface area contributed by atoms with Crippen molar-refractivity contribution in [2.24, 2.45) is 0 Å². The number of carbonyl (C=O) groups excluding carboxylic acids is 1. The SMILES string of the molecule is Cc1noc(CC(=O)N2CCCC2C)n1. The van der Waals surface area contributed by atoms with Crippen LogP contribution < -0.4 is 0 Å². The maximum Gasteiger partial charge on any atom is 0.236 e. The molecule has 1 amide bonds. The zero-order chi connectivity index (χ0) is 10.8. The van der Waals surface area contributed by atoms with Gasteiger partial charge in [0.2, 0.25) is 11.8 Å². The third kappa shape index (κ3) is 2.16. The first-order valence-electron chi connectivity index (χ1n) is 5.25. The number of amides is 1. The standard InChI is InChI=1S/C10H15N3O2/c1-7-4-3-5-13(7)10(14)6-9-11-8(2)12-15-9/h7H,3-6H2,1-2H3. The fourth-order valence-electron chi connectivity index (χ4n) is 1.95. The van der Waals surface area contributed by atoms with Crippen molar-refractivity contribution >= 4 is 5.91 Å². The third-order valence-corrected chi connectivity index (χ3v) is 2.75. The molecule has 2 heterocycles. The van der Waals surface area contributed by atoms with Crippen molar-refractivity contribution in [2.75, 3.05) is 6.54 Å². The van der Waals surface area contributed by atoms with Crippen molar-refractivity contribution in [3.05, 3.63) is 11.7 Å². The summed E-state index contributed by atoms with van der Waals surface area (Å²) in [6.45, 7) is 4.67. The average molecular weight is 209 g/mol. The van der Waals surface area contributed by atoms with Crippen LogP contribution in [0.4, 0.5) is 0 Å². The quantitative estimate of drug-likeness (QED) is 0.727. The molecule has 1 unspecified atom stereocenters. The van der Waals surface area contributed by atoms with E-state index >= 15 is 0 Å². The molecule has 0 saturated carbocycles. The Kier molecular flexibility index (Phi) is 2.70. The van der Waals surface area contributed by atoms with Crippen molar-refractivity contribution in [3.8, 4) is 0 Å². The number of hydrogen-bond acceptors (Lipinski definition) is 4. The van der Waals surface area contributed by atoms with E-state index in [-0.39, 0.29) is 12.3 Å². The van der Waals surface area contributed by atoms with Gasteiger partial charge in [0.1, 0.15) is 6.42 Å². The van der Waals surface area contributed by atoms with Gasteiger partial charge in [-0.3, -0.25) is 4.79 Å². The van der Waals surface area contributed by atoms with Gasteiger partial charge in [-0.25, -0.2) is 0 Å². The molecule has 5 heteroatoms. The number of carbonyl (C=O) groups is 1. The fraction of sp³-hybridized carbons (Fsp3) is 0.700. The molecule has 2 rings (SSSR count). The van der Waals surface area contributed by atoms with Crippen LogP contribution in [-0.2, 0) is 11.2 Å². The van der Waals surface area contributed by atoms with Crippen LogP contribution in [0.3, 0.4) is 0 Å². The summed E-state index contributed by atoms with van der Waals surface area (Å²) in [4.78, 5) is 17.7. The van der Waals surface area contributed by atoms with Gasteiger partial charge in [-0.1, -0.05) is 5.16 Å². The summed E-state index contributed by atoms with van der Waals surface area (Å²) in [5, 5.41) is 3.66. The van der Waals surface area contributed by atoms with Crippen molar-refractivity contribution in [3.63, 3.8) is 0 Å². The Morgan fingerprint density at radius 1 is 1.67 bits per heavy atom. The van der Waals surface area contributed by atoms with Crippen LogP contribution in [0.1, 0.15) is 31.5 Å². The lowest BCUT2D eigenvalue weighted by atomic mass is 10.2. The molecule has 1 saturated heterocycles. The topological polar surface area (TPSA) is 59.2 Å². The molecule has 15 heavy (non-hydrogen) atoms. The van der Waals surface area contributed by atoms with Gasteiger partial charge in [-0.05, 0) is 26.7 Å². The number of aromatic nitrogens is 2. The fourth-order valence-corrected chi connectivity index (χ4v) is 1.95. The van der Waals surface area contributed by atoms with Crippen LogP contribution in [0.15, 0.2) is 4.52 Å². The van der Waals surface area contributed by atoms with Gasteiger partial charge in [0.05, 0.1) is 0 Å². The van der Waals surface area contributed by atoms with Gasteiger partial charge in [0.25, 0.3) is 0 Å². The van der Waals surface area contributed by atoms with Crippen LogP contribution in [0, 0.1) is 6.92 Å². The van der Waals surface area contributed by atoms with E-state index in [0.717, 1.165) is 19.4 Å². The molecule has 0 bridgehead atoms. The minimum absolute atomic E-state index is 0.0867. The molecule has 0 radical (unpaired) electrons. The largest absolute Gasteiger partial charge is 0.340 e. The Morgan fingerprint density at radius 2 is 2.47 bits per heavy atom. The van der Waals surface area contributed by atoms with Crippen molar-refractivity contribution in [2.45, 2.75) is 39.2 Å². The van der Waals surface area contributed by atoms with Gasteiger partial charge < -0.3 is 9.42 Å². The van der Waals surface area contributed by atoms with E-state index in [1.807, 2.05) is 4.90 Å². The number of hydrogen-bond donors (Lipinski definition) is 0. The van der Waals surface area contributed by atoms with Crippen LogP contribution in [0.25, 0.3) is 0 Å². The summed E-state index contributed by atoms with van der Waals surface area (Å²) in [7, 11) is 0. The minimum atomic E-state index is 0.0867. The highest BCUT2D eigenvalue weighted by atomic mass is 16.5. The molecular weight excluding hydrogens is 194 g/mol. The van der Waals surface area contributed by atoms with Crippen molar-refractivity contribution < 1.29 is 9.32 Å². The maximum atomic E-state index is 11.8. The smallest absolute Gasteiger partial charge is 0.236 e. The molecule has 82 valence electrons. The normalized spacial score (nSPS) is 20.9. The van der Waals surface area contributed by atoms with E-state index in [0.29, 0.717) is 17.8 Å². The predicted octanol–water partition coefficient (Wildman–Crippen LogP) is 0.931. The van der Waals surface area contributed by atoms with E-state index in [1.54, 1.807) is 6.92 Å². The van der Waals surface area contributed by atoms with Crippen LogP contribution >= 0.6 is 0 Å². The second-order valence-electron chi connectivity index (χ2n) is 3.99. The maximum absolute atomic E-state index is 11.8. The van der Waals surface area contributed by atoms with E-state index in [1.165, 1.54) is 0 Å². The third-order valence-electron chi connectivity index (χ3n) is 2.75. The Bertz CT molecular complexity index is 361. The van der Waals surface area contributed by atoms with E-state index in [2.05, 4.69) is 17.1 Å². The molecule has 1 aliphatic heterocycles. The summed E-state index contributed by atoms with van der Waals surface area (Å²) in [5.41, 5.74) is 0. The second kappa shape index (κ2) is 4.00. The summed E-state index contributed by atoms with van der Waals surface area (Å²) >= 11 is 0. The van der Waals surface area contributed by atoms with Crippen LogP contribution in [0.2, 0.25) is 0 Å². The Morgan fingerprint density at radius 3 is 3.00 bits per heavy atom. The zero-order valence-electron chi connectivity index (χ0n) is 9.06. The van der Waals surface area contributed by atoms with Crippen LogP contribution in [0.5, 0.6) is 0 Å². The molecule has 0 aromatic carbocycles. The molecule has 5 nitrogen and oxygen atoms in total. The van der Waals surface area contributed by atoms with Gasteiger partial charge in [-0.15, -0.1) is 0 Å². The second-order valence-corrected chi connectivity index (χ2v) is 3.99. The first kappa shape index (κ1) is 10.1. The molecule has 0 N–H and O–H groups in total. The lowest BCUT2D eigenvalue weighted by Crippen LogP contribution is -2.34. The number of nitrogens with zero attached hydrogens (tertiary/aromatic N) is 3. The van der Waals surface area contributed by atoms with Gasteiger partial charge in [-0.2, -0.15) is 4.98 Å². The summed E-state index contributed by atoms with van der Waals surface area (Å²) in [5.74, 6) is 1.08. The first-order chi connectivity index (χ1) is 7.16. The number of rotatable bonds is 2. The Hall–Kier alpha value is -1.39. The Labute approximate surface area is 88.5 Å². The van der Waals surface area contributed by atoms with Crippen molar-refractivity contribution in [1.82, 2.24) is 15.0 Å². The molecule has 0 spiro atoms. The van der Waals surface area contributed by atoms with Gasteiger partial charge in [0, 0.05) is 12.6 Å². The molecule has 1 fully saturated rings. The molecule has 1 aromatic heterocycles. The van der Waals surface area contributed by atoms with Crippen molar-refractivity contribution in [1.29, 1.82) is 0 Å². The van der Waals surface area contributed by atoms with Crippen LogP contribution in [-0.4, -0.2) is 33.5 Å². The highest BCUT2D eigenvalue weighted by Gasteiger charge is 2.26. The highest BCUT2D eigenvalue weighted by molar-refractivity contribution is 5.78. The van der Waals surface area contributed by atoms with E-state index < -0.39 is 0 Å². The van der Waals surface area contributed by atoms with E-state index in [4.69, 9.17) is 4.52 Å². The number of aryl methyl sites for hydroxylation is 1. The molecule has 1 atom stereocenters. The molecule has 1 aliphatic rings. The van der Waals surface area contributed by atoms with Gasteiger partial charge >= 0.3 is 0 Å². The predicted molar refractivity (Wildman–Crippen MR) is 53.1 cm³/mol. The van der Waals surface area contributed by atoms with E-state index in [9.17, 15) is 4.79 Å². The lowest BCUT2D eigenvalue weighted by Gasteiger charge is -2.20. The molecule has 1 aromatic rings. The monoisotopic (exact) mass is 209 g/mol. The Balaban J connectivity index is 1.97. The zero-order valence-corrected chi connectivity index (χ0v) is 9.06. The molecule has 0 aliphatic carbocycles. The summed E-state index contributed by atoms with van der Waals surface area (Å²) in [6, 6.07) is 0.349. The first-order valence-corrected chi connectivity index (χ1v) is 5.25. The lowest BCUT2D eigenvalue weighted by molar-refractivity contribution is -0.131. The molecular formula is C10H15N3O2. The summed E-state index contributed by atoms with van der Waals surface area (Å²) in [6.07, 6.45) is 2.41. The summed E-state index contributed by atoms with van der Waals surface area (Å²) < 4.78 is 4.92. The van der Waals surface area contributed by atoms with Gasteiger partial charge in [0.15, 0.2) is 5.82 Å².